The highest BCUT2D eigenvalue weighted by molar-refractivity contribution is 7.17. The lowest BCUT2D eigenvalue weighted by atomic mass is 10.1. The molecule has 0 bridgehead atoms. The van der Waals surface area contributed by atoms with Gasteiger partial charge in [-0.15, -0.1) is 11.3 Å². The van der Waals surface area contributed by atoms with Crippen molar-refractivity contribution in [2.75, 3.05) is 18.5 Å². The molecule has 0 saturated carbocycles. The lowest BCUT2D eigenvalue weighted by Gasteiger charge is -2.16. The van der Waals surface area contributed by atoms with Crippen LogP contribution in [0.4, 0.5) is 10.2 Å². The summed E-state index contributed by atoms with van der Waals surface area (Å²) in [5, 5.41) is 5.87. The number of esters is 2. The molecule has 0 aliphatic rings. The predicted octanol–water partition coefficient (Wildman–Crippen LogP) is 5.02. The topological polar surface area (TPSA) is 103 Å². The van der Waals surface area contributed by atoms with Crippen LogP contribution >= 0.6 is 11.3 Å². The number of anilines is 1. The van der Waals surface area contributed by atoms with Crippen molar-refractivity contribution in [3.8, 4) is 11.1 Å². The van der Waals surface area contributed by atoms with Crippen molar-refractivity contribution in [3.63, 3.8) is 0 Å². The van der Waals surface area contributed by atoms with E-state index < -0.39 is 17.9 Å². The summed E-state index contributed by atoms with van der Waals surface area (Å²) < 4.78 is 23.8. The van der Waals surface area contributed by atoms with E-state index in [4.69, 9.17) is 9.47 Å². The summed E-state index contributed by atoms with van der Waals surface area (Å²) in [6.07, 6.45) is 0. The molecule has 0 atom stereocenters. The van der Waals surface area contributed by atoms with Crippen LogP contribution in [0, 0.1) is 12.7 Å². The van der Waals surface area contributed by atoms with Crippen LogP contribution in [-0.2, 0) is 25.6 Å². The maximum atomic E-state index is 13.6. The maximum Gasteiger partial charge on any atom is 0.328 e. The average molecular weight is 509 g/mol. The number of ether oxygens (including phenoxy) is 2. The summed E-state index contributed by atoms with van der Waals surface area (Å²) in [6.45, 7) is 5.73. The van der Waals surface area contributed by atoms with Crippen molar-refractivity contribution in [3.05, 3.63) is 70.9 Å². The van der Waals surface area contributed by atoms with Gasteiger partial charge in [0.15, 0.2) is 5.82 Å². The Balaban J connectivity index is 1.84. The molecule has 8 nitrogen and oxygen atoms in total. The third-order valence-electron chi connectivity index (χ3n) is 5.29. The number of carbonyl (C=O) groups excluding carboxylic acids is 2. The number of hydrogen-bond donors (Lipinski definition) is 1. The lowest BCUT2D eigenvalue weighted by molar-refractivity contribution is -0.157. The first-order chi connectivity index (χ1) is 17.4. The number of rotatable bonds is 9. The van der Waals surface area contributed by atoms with Crippen LogP contribution in [0.5, 0.6) is 0 Å². The number of nitrogens with one attached hydrogen (secondary N) is 1. The van der Waals surface area contributed by atoms with Gasteiger partial charge in [0.1, 0.15) is 16.5 Å². The summed E-state index contributed by atoms with van der Waals surface area (Å²) in [5.74, 6) is -2.94. The number of nitrogens with zero attached hydrogens (tertiary/aromatic N) is 3. The molecule has 0 fully saturated rings. The van der Waals surface area contributed by atoms with Gasteiger partial charge in [0.25, 0.3) is 0 Å². The van der Waals surface area contributed by atoms with E-state index in [1.54, 1.807) is 26.0 Å². The Morgan fingerprint density at radius 2 is 1.69 bits per heavy atom. The van der Waals surface area contributed by atoms with E-state index in [2.05, 4.69) is 20.3 Å². The summed E-state index contributed by atoms with van der Waals surface area (Å²) in [6, 6.07) is 11.8. The Morgan fingerprint density at radius 1 is 1.00 bits per heavy atom. The number of benzene rings is 1. The Morgan fingerprint density at radius 3 is 2.33 bits per heavy atom. The molecule has 3 heterocycles. The van der Waals surface area contributed by atoms with Gasteiger partial charge in [-0.05, 0) is 50.6 Å². The molecule has 0 aliphatic carbocycles. The summed E-state index contributed by atoms with van der Waals surface area (Å²) in [7, 11) is 0. The van der Waals surface area contributed by atoms with E-state index in [-0.39, 0.29) is 24.9 Å². The van der Waals surface area contributed by atoms with E-state index in [1.165, 1.54) is 23.5 Å². The minimum Gasteiger partial charge on any atom is -0.465 e. The van der Waals surface area contributed by atoms with Crippen molar-refractivity contribution < 1.29 is 23.5 Å². The van der Waals surface area contributed by atoms with Gasteiger partial charge in [-0.2, -0.15) is 0 Å². The Labute approximate surface area is 211 Å². The number of halogens is 1. The highest BCUT2D eigenvalue weighted by Gasteiger charge is 2.35. The molecule has 4 rings (SSSR count). The number of pyridine rings is 1. The van der Waals surface area contributed by atoms with Crippen LogP contribution < -0.4 is 5.32 Å². The molecular weight excluding hydrogens is 483 g/mol. The van der Waals surface area contributed by atoms with E-state index >= 15 is 0 Å². The second kappa shape index (κ2) is 11.2. The second-order valence-electron chi connectivity index (χ2n) is 7.83. The maximum absolute atomic E-state index is 13.6. The lowest BCUT2D eigenvalue weighted by Crippen LogP contribution is -2.28. The summed E-state index contributed by atoms with van der Waals surface area (Å²) in [5.41, 5.74) is 3.23. The fraction of sp³-hybridized carbons (Fsp3) is 0.269. The molecule has 0 saturated heterocycles. The van der Waals surface area contributed by atoms with Crippen molar-refractivity contribution in [1.29, 1.82) is 0 Å². The molecular formula is C26H25FN4O4S. The first-order valence-corrected chi connectivity index (χ1v) is 12.3. The fourth-order valence-electron chi connectivity index (χ4n) is 3.69. The van der Waals surface area contributed by atoms with Gasteiger partial charge in [-0.25, -0.2) is 14.4 Å². The smallest absolute Gasteiger partial charge is 0.328 e. The third kappa shape index (κ3) is 5.49. The molecule has 4 aromatic rings. The first-order valence-electron chi connectivity index (χ1n) is 11.5. The van der Waals surface area contributed by atoms with Crippen molar-refractivity contribution >= 4 is 39.3 Å². The minimum absolute atomic E-state index is 0.0217. The average Bonchev–Trinajstić information content (AvgIpc) is 3.28. The second-order valence-corrected chi connectivity index (χ2v) is 8.69. The quantitative estimate of drug-likeness (QED) is 0.248. The molecule has 10 heteroatoms. The molecule has 0 spiro atoms. The van der Waals surface area contributed by atoms with Crippen LogP contribution in [0.1, 0.15) is 37.0 Å². The van der Waals surface area contributed by atoms with Crippen LogP contribution in [0.25, 0.3) is 21.3 Å². The van der Waals surface area contributed by atoms with E-state index in [1.807, 2.05) is 30.5 Å². The summed E-state index contributed by atoms with van der Waals surface area (Å²) in [4.78, 5) is 39.7. The molecule has 36 heavy (non-hydrogen) atoms. The van der Waals surface area contributed by atoms with Gasteiger partial charge in [0, 0.05) is 16.6 Å². The van der Waals surface area contributed by atoms with Crippen LogP contribution in [0.15, 0.2) is 47.8 Å². The zero-order valence-corrected chi connectivity index (χ0v) is 20.9. The highest BCUT2D eigenvalue weighted by Crippen LogP contribution is 2.38. The number of aromatic nitrogens is 3. The van der Waals surface area contributed by atoms with E-state index in [0.29, 0.717) is 22.6 Å². The molecule has 1 aromatic carbocycles. The largest absolute Gasteiger partial charge is 0.465 e. The van der Waals surface area contributed by atoms with Gasteiger partial charge >= 0.3 is 11.9 Å². The Kier molecular flexibility index (Phi) is 7.84. The number of hydrogen-bond acceptors (Lipinski definition) is 9. The van der Waals surface area contributed by atoms with Crippen molar-refractivity contribution in [2.24, 2.45) is 0 Å². The molecule has 186 valence electrons. The van der Waals surface area contributed by atoms with Crippen LogP contribution in [0.3, 0.4) is 0 Å². The van der Waals surface area contributed by atoms with Gasteiger partial charge in [0.2, 0.25) is 5.92 Å². The van der Waals surface area contributed by atoms with Crippen LogP contribution in [0.2, 0.25) is 0 Å². The third-order valence-corrected chi connectivity index (χ3v) is 6.16. The van der Waals surface area contributed by atoms with Gasteiger partial charge in [-0.1, -0.05) is 18.2 Å². The Hall–Kier alpha value is -3.92. The molecule has 0 aliphatic heterocycles. The zero-order chi connectivity index (χ0) is 25.7. The zero-order valence-electron chi connectivity index (χ0n) is 20.1. The molecule has 0 unspecified atom stereocenters. The van der Waals surface area contributed by atoms with Gasteiger partial charge in [-0.3, -0.25) is 14.6 Å². The fourth-order valence-corrected chi connectivity index (χ4v) is 4.64. The number of aryl methyl sites for hydroxylation is 1. The first kappa shape index (κ1) is 25.2. The van der Waals surface area contributed by atoms with E-state index in [9.17, 15) is 14.0 Å². The SMILES string of the molecule is CCOC(=O)C(C(=O)OCC)c1nc(NCc2cccc(C)n2)c2c(-c3ccc(F)cc3)csc2n1. The monoisotopic (exact) mass is 508 g/mol. The predicted molar refractivity (Wildman–Crippen MR) is 135 cm³/mol. The molecule has 0 amide bonds. The standard InChI is InChI=1S/C26H25FN4O4S/c1-4-34-25(32)21(26(33)35-5-2)23-30-22(28-13-18-8-6-7-15(3)29-18)20-19(14-36-24(20)31-23)16-9-11-17(27)12-10-16/h6-12,14,21H,4-5,13H2,1-3H3,(H,28,30,31). The van der Waals surface area contributed by atoms with Crippen LogP contribution in [-0.4, -0.2) is 40.1 Å². The molecule has 0 radical (unpaired) electrons. The highest BCUT2D eigenvalue weighted by atomic mass is 32.1. The number of fused-ring (bicyclic) bond motifs is 1. The Bertz CT molecular complexity index is 1370. The van der Waals surface area contributed by atoms with E-state index in [0.717, 1.165) is 22.5 Å². The van der Waals surface area contributed by atoms with Gasteiger partial charge in [0.05, 0.1) is 30.8 Å². The number of carbonyl (C=O) groups is 2. The van der Waals surface area contributed by atoms with Crippen molar-refractivity contribution in [2.45, 2.75) is 33.2 Å². The molecule has 3 aromatic heterocycles. The van der Waals surface area contributed by atoms with Gasteiger partial charge < -0.3 is 14.8 Å². The van der Waals surface area contributed by atoms with Crippen molar-refractivity contribution in [1.82, 2.24) is 15.0 Å². The summed E-state index contributed by atoms with van der Waals surface area (Å²) >= 11 is 1.33. The minimum atomic E-state index is -1.43. The number of thiophene rings is 1. The normalized spacial score (nSPS) is 11.0. The molecule has 1 N–H and O–H groups in total.